The highest BCUT2D eigenvalue weighted by molar-refractivity contribution is 7.89. The molecule has 0 bridgehead atoms. The lowest BCUT2D eigenvalue weighted by Crippen LogP contribution is -2.46. The molecule has 0 aromatic heterocycles. The Hall–Kier alpha value is -2.18. The van der Waals surface area contributed by atoms with Crippen molar-refractivity contribution in [2.45, 2.75) is 56.4 Å². The third-order valence-electron chi connectivity index (χ3n) is 5.43. The third-order valence-corrected chi connectivity index (χ3v) is 7.39. The van der Waals surface area contributed by atoms with Crippen LogP contribution in [0.2, 0.25) is 0 Å². The second-order valence-electron chi connectivity index (χ2n) is 7.72. The van der Waals surface area contributed by atoms with Crippen molar-refractivity contribution in [2.24, 2.45) is 0 Å². The maximum absolute atomic E-state index is 13.1. The molecule has 3 rings (SSSR count). The number of rotatable bonds is 8. The molecule has 0 spiro atoms. The molecule has 1 aliphatic rings. The fraction of sp³-hybridized carbons (Fsp3) is 0.435. The normalized spacial score (nSPS) is 17.8. The Balaban J connectivity index is 1.55. The molecule has 1 heterocycles. The number of hydrogen-bond donors (Lipinski definition) is 1. The van der Waals surface area contributed by atoms with Gasteiger partial charge in [0.25, 0.3) is 0 Å². The van der Waals surface area contributed by atoms with Gasteiger partial charge in [0.05, 0.1) is 4.90 Å². The molecule has 1 fully saturated rings. The van der Waals surface area contributed by atoms with Gasteiger partial charge >= 0.3 is 0 Å². The van der Waals surface area contributed by atoms with E-state index >= 15 is 0 Å². The lowest BCUT2D eigenvalue weighted by Gasteiger charge is -2.34. The average Bonchev–Trinajstić information content (AvgIpc) is 2.73. The highest BCUT2D eigenvalue weighted by atomic mass is 32.2. The Morgan fingerprint density at radius 1 is 1.07 bits per heavy atom. The van der Waals surface area contributed by atoms with Crippen molar-refractivity contribution >= 4 is 15.9 Å². The second-order valence-corrected chi connectivity index (χ2v) is 9.61. The van der Waals surface area contributed by atoms with E-state index < -0.39 is 10.0 Å². The van der Waals surface area contributed by atoms with Crippen LogP contribution in [0.3, 0.4) is 0 Å². The molecular formula is C23H30N2O3S. The Bertz CT molecular complexity index is 895. The zero-order valence-electron chi connectivity index (χ0n) is 17.0. The number of sulfonamides is 1. The summed E-state index contributed by atoms with van der Waals surface area (Å²) in [6.07, 6.45) is 4.51. The fourth-order valence-electron chi connectivity index (χ4n) is 3.79. The summed E-state index contributed by atoms with van der Waals surface area (Å²) in [6, 6.07) is 16.8. The van der Waals surface area contributed by atoms with Gasteiger partial charge in [0.1, 0.15) is 0 Å². The summed E-state index contributed by atoms with van der Waals surface area (Å²) in [4.78, 5) is 12.7. The quantitative estimate of drug-likeness (QED) is 0.670. The number of carbonyl (C=O) groups excluding carboxylic acids is 1. The molecule has 29 heavy (non-hydrogen) atoms. The van der Waals surface area contributed by atoms with E-state index in [2.05, 4.69) is 17.4 Å². The van der Waals surface area contributed by atoms with Crippen LogP contribution in [0.15, 0.2) is 59.5 Å². The van der Waals surface area contributed by atoms with Crippen LogP contribution in [0.1, 0.15) is 43.2 Å². The number of hydrogen-bond acceptors (Lipinski definition) is 3. The van der Waals surface area contributed by atoms with Gasteiger partial charge < -0.3 is 5.32 Å². The molecule has 5 nitrogen and oxygen atoms in total. The fourth-order valence-corrected chi connectivity index (χ4v) is 5.48. The first-order valence-corrected chi connectivity index (χ1v) is 11.8. The number of amides is 1. The molecule has 1 amide bonds. The molecule has 1 atom stereocenters. The van der Waals surface area contributed by atoms with Crippen molar-refractivity contribution < 1.29 is 13.2 Å². The first-order chi connectivity index (χ1) is 14.0. The van der Waals surface area contributed by atoms with E-state index in [4.69, 9.17) is 0 Å². The maximum Gasteiger partial charge on any atom is 0.243 e. The van der Waals surface area contributed by atoms with Gasteiger partial charge in [0.2, 0.25) is 15.9 Å². The van der Waals surface area contributed by atoms with Crippen LogP contribution in [0, 0.1) is 6.92 Å². The van der Waals surface area contributed by atoms with Crippen LogP contribution in [-0.2, 0) is 21.2 Å². The topological polar surface area (TPSA) is 66.5 Å². The summed E-state index contributed by atoms with van der Waals surface area (Å²) < 4.78 is 27.7. The summed E-state index contributed by atoms with van der Waals surface area (Å²) in [5.74, 6) is -0.0749. The number of piperidine rings is 1. The van der Waals surface area contributed by atoms with Crippen LogP contribution < -0.4 is 5.32 Å². The average molecular weight is 415 g/mol. The third kappa shape index (κ3) is 5.90. The van der Waals surface area contributed by atoms with Crippen LogP contribution >= 0.6 is 0 Å². The monoisotopic (exact) mass is 414 g/mol. The van der Waals surface area contributed by atoms with Crippen molar-refractivity contribution in [3.63, 3.8) is 0 Å². The minimum absolute atomic E-state index is 0.0749. The van der Waals surface area contributed by atoms with Crippen molar-refractivity contribution in [1.29, 1.82) is 0 Å². The molecule has 2 aromatic carbocycles. The molecule has 156 valence electrons. The molecule has 1 saturated heterocycles. The van der Waals surface area contributed by atoms with Crippen molar-refractivity contribution in [2.75, 3.05) is 13.1 Å². The molecule has 0 unspecified atom stereocenters. The largest absolute Gasteiger partial charge is 0.356 e. The van der Waals surface area contributed by atoms with Crippen LogP contribution in [0.5, 0.6) is 0 Å². The highest BCUT2D eigenvalue weighted by Crippen LogP contribution is 2.27. The molecule has 0 radical (unpaired) electrons. The molecule has 2 aromatic rings. The molecule has 6 heteroatoms. The van der Waals surface area contributed by atoms with Crippen molar-refractivity contribution in [3.8, 4) is 0 Å². The highest BCUT2D eigenvalue weighted by Gasteiger charge is 2.34. The van der Waals surface area contributed by atoms with Gasteiger partial charge in [-0.25, -0.2) is 8.42 Å². The number of carbonyl (C=O) groups is 1. The number of aryl methyl sites for hydroxylation is 2. The van der Waals surface area contributed by atoms with Gasteiger partial charge in [0.15, 0.2) is 0 Å². The Morgan fingerprint density at radius 3 is 2.52 bits per heavy atom. The van der Waals surface area contributed by atoms with Gasteiger partial charge in [-0.2, -0.15) is 4.31 Å². The lowest BCUT2D eigenvalue weighted by atomic mass is 10.0. The van der Waals surface area contributed by atoms with Gasteiger partial charge in [-0.1, -0.05) is 54.4 Å². The first kappa shape index (κ1) is 21.5. The predicted octanol–water partition coefficient (Wildman–Crippen LogP) is 3.68. The van der Waals surface area contributed by atoms with Gasteiger partial charge in [-0.3, -0.25) is 4.79 Å². The van der Waals surface area contributed by atoms with E-state index in [1.54, 1.807) is 12.1 Å². The standard InChI is InChI=1S/C23H30N2O3S/c1-19-12-14-22(15-13-19)29(27,28)25-17-6-5-11-21(25)18-23(26)24-16-7-10-20-8-3-2-4-9-20/h2-4,8-9,12-15,21H,5-7,10-11,16-18H2,1H3,(H,24,26)/t21-/m0/s1. The van der Waals surface area contributed by atoms with Crippen LogP contribution in [0.4, 0.5) is 0 Å². The maximum atomic E-state index is 13.1. The minimum atomic E-state index is -3.58. The van der Waals surface area contributed by atoms with E-state index in [0.717, 1.165) is 37.7 Å². The van der Waals surface area contributed by atoms with E-state index in [0.29, 0.717) is 18.0 Å². The Kier molecular flexibility index (Phi) is 7.45. The summed E-state index contributed by atoms with van der Waals surface area (Å²) in [5.41, 5.74) is 2.28. The first-order valence-electron chi connectivity index (χ1n) is 10.4. The Morgan fingerprint density at radius 2 is 1.79 bits per heavy atom. The number of benzene rings is 2. The van der Waals surface area contributed by atoms with Crippen molar-refractivity contribution in [1.82, 2.24) is 9.62 Å². The number of nitrogens with zero attached hydrogens (tertiary/aromatic N) is 1. The second kappa shape index (κ2) is 10.0. The summed E-state index contributed by atoms with van der Waals surface area (Å²) >= 11 is 0. The van der Waals surface area contributed by atoms with Crippen LogP contribution in [0.25, 0.3) is 0 Å². The van der Waals surface area contributed by atoms with Crippen molar-refractivity contribution in [3.05, 3.63) is 65.7 Å². The molecule has 0 aliphatic carbocycles. The minimum Gasteiger partial charge on any atom is -0.356 e. The van der Waals surface area contributed by atoms with E-state index in [9.17, 15) is 13.2 Å². The van der Waals surface area contributed by atoms with Gasteiger partial charge in [0, 0.05) is 25.6 Å². The van der Waals surface area contributed by atoms with E-state index in [1.165, 1.54) is 9.87 Å². The number of nitrogens with one attached hydrogen (secondary N) is 1. The molecule has 1 aliphatic heterocycles. The zero-order valence-corrected chi connectivity index (χ0v) is 17.8. The molecular weight excluding hydrogens is 384 g/mol. The molecule has 0 saturated carbocycles. The van der Waals surface area contributed by atoms with Gasteiger partial charge in [-0.15, -0.1) is 0 Å². The van der Waals surface area contributed by atoms with E-state index in [-0.39, 0.29) is 18.4 Å². The molecule has 1 N–H and O–H groups in total. The Labute approximate surface area is 174 Å². The zero-order chi connectivity index (χ0) is 20.7. The lowest BCUT2D eigenvalue weighted by molar-refractivity contribution is -0.122. The smallest absolute Gasteiger partial charge is 0.243 e. The summed E-state index contributed by atoms with van der Waals surface area (Å²) in [5, 5.41) is 2.96. The summed E-state index contributed by atoms with van der Waals surface area (Å²) in [7, 11) is -3.58. The SMILES string of the molecule is Cc1ccc(S(=O)(=O)N2CCCC[C@H]2CC(=O)NCCCc2ccccc2)cc1. The summed E-state index contributed by atoms with van der Waals surface area (Å²) in [6.45, 7) is 3.01. The van der Waals surface area contributed by atoms with E-state index in [1.807, 2.05) is 37.3 Å². The predicted molar refractivity (Wildman–Crippen MR) is 115 cm³/mol. The van der Waals surface area contributed by atoms with Crippen LogP contribution in [-0.4, -0.2) is 37.8 Å². The van der Waals surface area contributed by atoms with Gasteiger partial charge in [-0.05, 0) is 50.3 Å².